The van der Waals surface area contributed by atoms with E-state index in [4.69, 9.17) is 14.2 Å². The Labute approximate surface area is 201 Å². The standard InChI is InChI=1S/C21H25FN6O6S/c1-12(18(29)19-23-9-14(22)10-24-19)35(30,31)27-21-26-25-20(13-7-8-34-11-13)28(21)17-15(32-2)5-4-6-16(17)33-3/h4-6,9-10,12-13,18,29H,7-8,11H2,1-3H3,(H,26,27)/t12-,13+,18-/m0/s1. The number of ether oxygens (including phenoxy) is 3. The minimum absolute atomic E-state index is 0.131. The van der Waals surface area contributed by atoms with Gasteiger partial charge in [-0.3, -0.25) is 9.29 Å². The van der Waals surface area contributed by atoms with Gasteiger partial charge in [0.15, 0.2) is 11.6 Å². The summed E-state index contributed by atoms with van der Waals surface area (Å²) < 4.78 is 60.1. The summed E-state index contributed by atoms with van der Waals surface area (Å²) in [7, 11) is -1.30. The van der Waals surface area contributed by atoms with Gasteiger partial charge in [-0.25, -0.2) is 22.8 Å². The summed E-state index contributed by atoms with van der Waals surface area (Å²) in [6, 6.07) is 5.13. The molecule has 3 heterocycles. The number of rotatable bonds is 9. The molecule has 35 heavy (non-hydrogen) atoms. The second-order valence-corrected chi connectivity index (χ2v) is 9.88. The minimum Gasteiger partial charge on any atom is -0.494 e. The van der Waals surface area contributed by atoms with Gasteiger partial charge in [-0.1, -0.05) is 6.07 Å². The maximum atomic E-state index is 13.2. The molecule has 3 aromatic rings. The lowest BCUT2D eigenvalue weighted by atomic mass is 10.1. The monoisotopic (exact) mass is 508 g/mol. The van der Waals surface area contributed by atoms with Gasteiger partial charge in [0.1, 0.15) is 34.4 Å². The van der Waals surface area contributed by atoms with Crippen LogP contribution in [0.2, 0.25) is 0 Å². The number of sulfonamides is 1. The Balaban J connectivity index is 1.76. The smallest absolute Gasteiger partial charge is 0.243 e. The third-order valence-electron chi connectivity index (χ3n) is 5.68. The first-order chi connectivity index (χ1) is 16.8. The molecule has 1 saturated heterocycles. The van der Waals surface area contributed by atoms with Crippen LogP contribution in [0.5, 0.6) is 11.5 Å². The van der Waals surface area contributed by atoms with E-state index in [1.54, 1.807) is 18.2 Å². The molecule has 14 heteroatoms. The molecule has 3 atom stereocenters. The highest BCUT2D eigenvalue weighted by atomic mass is 32.2. The lowest BCUT2D eigenvalue weighted by Gasteiger charge is -2.21. The molecule has 1 aliphatic rings. The fourth-order valence-corrected chi connectivity index (χ4v) is 4.75. The molecule has 2 aromatic heterocycles. The van der Waals surface area contributed by atoms with Crippen molar-refractivity contribution < 1.29 is 32.1 Å². The lowest BCUT2D eigenvalue weighted by Crippen LogP contribution is -2.32. The molecule has 0 spiro atoms. The van der Waals surface area contributed by atoms with E-state index in [9.17, 15) is 17.9 Å². The Bertz CT molecular complexity index is 1260. The number of benzene rings is 1. The van der Waals surface area contributed by atoms with Gasteiger partial charge in [-0.05, 0) is 25.5 Å². The van der Waals surface area contributed by atoms with Gasteiger partial charge in [0.25, 0.3) is 0 Å². The number of hydrogen-bond acceptors (Lipinski definition) is 10. The Hall–Kier alpha value is -3.36. The van der Waals surface area contributed by atoms with Crippen molar-refractivity contribution in [2.75, 3.05) is 32.2 Å². The van der Waals surface area contributed by atoms with Gasteiger partial charge in [0, 0.05) is 12.5 Å². The topological polar surface area (TPSA) is 151 Å². The fourth-order valence-electron chi connectivity index (χ4n) is 3.71. The number of aliphatic hydroxyl groups is 1. The molecule has 0 saturated carbocycles. The number of aromatic nitrogens is 5. The number of halogens is 1. The molecule has 1 aromatic carbocycles. The van der Waals surface area contributed by atoms with Crippen LogP contribution in [-0.4, -0.2) is 70.9 Å². The molecule has 0 aliphatic carbocycles. The predicted molar refractivity (Wildman–Crippen MR) is 122 cm³/mol. The summed E-state index contributed by atoms with van der Waals surface area (Å²) in [6.45, 7) is 2.19. The van der Waals surface area contributed by atoms with Gasteiger partial charge >= 0.3 is 0 Å². The molecule has 4 rings (SSSR count). The van der Waals surface area contributed by atoms with Crippen LogP contribution in [0.25, 0.3) is 5.69 Å². The number of nitrogens with zero attached hydrogens (tertiary/aromatic N) is 5. The summed E-state index contributed by atoms with van der Waals surface area (Å²) in [6.07, 6.45) is 0.727. The molecule has 0 amide bonds. The summed E-state index contributed by atoms with van der Waals surface area (Å²) in [5.74, 6) is 0.0331. The molecule has 188 valence electrons. The maximum Gasteiger partial charge on any atom is 0.243 e. The Morgan fingerprint density at radius 3 is 2.43 bits per heavy atom. The molecular weight excluding hydrogens is 483 g/mol. The van der Waals surface area contributed by atoms with Gasteiger partial charge in [0.05, 0.1) is 33.2 Å². The molecular formula is C21H25FN6O6S. The van der Waals surface area contributed by atoms with E-state index in [-0.39, 0.29) is 17.7 Å². The molecule has 0 radical (unpaired) electrons. The minimum atomic E-state index is -4.26. The third-order valence-corrected chi connectivity index (χ3v) is 7.38. The fraction of sp³-hybridized carbons (Fsp3) is 0.429. The second-order valence-electron chi connectivity index (χ2n) is 7.85. The summed E-state index contributed by atoms with van der Waals surface area (Å²) in [5.41, 5.74) is 0.400. The van der Waals surface area contributed by atoms with Gasteiger partial charge < -0.3 is 19.3 Å². The van der Waals surface area contributed by atoms with Crippen molar-refractivity contribution in [1.29, 1.82) is 0 Å². The molecule has 1 fully saturated rings. The van der Waals surface area contributed by atoms with Gasteiger partial charge in [0.2, 0.25) is 16.0 Å². The maximum absolute atomic E-state index is 13.2. The first-order valence-electron chi connectivity index (χ1n) is 10.7. The van der Waals surface area contributed by atoms with Crippen LogP contribution in [0.1, 0.15) is 37.0 Å². The van der Waals surface area contributed by atoms with Gasteiger partial charge in [-0.2, -0.15) is 0 Å². The summed E-state index contributed by atoms with van der Waals surface area (Å²) >= 11 is 0. The zero-order chi connectivity index (χ0) is 25.2. The average molecular weight is 509 g/mol. The quantitative estimate of drug-likeness (QED) is 0.436. The van der Waals surface area contributed by atoms with Crippen LogP contribution in [0, 0.1) is 5.82 Å². The highest BCUT2D eigenvalue weighted by Gasteiger charge is 2.35. The van der Waals surface area contributed by atoms with Crippen LogP contribution in [-0.2, 0) is 14.8 Å². The van der Waals surface area contributed by atoms with E-state index in [1.807, 2.05) is 0 Å². The van der Waals surface area contributed by atoms with Crippen molar-refractivity contribution in [2.45, 2.75) is 30.6 Å². The zero-order valence-corrected chi connectivity index (χ0v) is 20.1. The van der Waals surface area contributed by atoms with Crippen LogP contribution < -0.4 is 14.2 Å². The largest absolute Gasteiger partial charge is 0.494 e. The van der Waals surface area contributed by atoms with Crippen LogP contribution in [0.15, 0.2) is 30.6 Å². The third kappa shape index (κ3) is 4.90. The van der Waals surface area contributed by atoms with Crippen LogP contribution in [0.4, 0.5) is 10.3 Å². The van der Waals surface area contributed by atoms with Crippen molar-refractivity contribution >= 4 is 16.0 Å². The van der Waals surface area contributed by atoms with E-state index in [0.717, 1.165) is 12.4 Å². The second kappa shape index (κ2) is 10.1. The Morgan fingerprint density at radius 1 is 1.20 bits per heavy atom. The van der Waals surface area contributed by atoms with E-state index in [0.29, 0.717) is 42.6 Å². The Morgan fingerprint density at radius 2 is 1.86 bits per heavy atom. The number of hydrogen-bond donors (Lipinski definition) is 2. The van der Waals surface area contributed by atoms with E-state index in [1.165, 1.54) is 25.7 Å². The highest BCUT2D eigenvalue weighted by molar-refractivity contribution is 7.93. The van der Waals surface area contributed by atoms with Crippen molar-refractivity contribution in [1.82, 2.24) is 24.7 Å². The number of para-hydroxylation sites is 1. The zero-order valence-electron chi connectivity index (χ0n) is 19.3. The van der Waals surface area contributed by atoms with Crippen molar-refractivity contribution in [3.63, 3.8) is 0 Å². The first kappa shape index (κ1) is 24.8. The Kier molecular flexibility index (Phi) is 7.14. The van der Waals surface area contributed by atoms with E-state index < -0.39 is 27.2 Å². The SMILES string of the molecule is COc1cccc(OC)c1-n1c(NS(=O)(=O)[C@@H](C)[C@H](O)c2ncc(F)cn2)nnc1[C@@H]1CCOC1. The highest BCUT2D eigenvalue weighted by Crippen LogP contribution is 2.38. The van der Waals surface area contributed by atoms with E-state index >= 15 is 0 Å². The van der Waals surface area contributed by atoms with Crippen LogP contribution in [0.3, 0.4) is 0 Å². The van der Waals surface area contributed by atoms with Crippen molar-refractivity contribution in [3.8, 4) is 17.2 Å². The van der Waals surface area contributed by atoms with Crippen LogP contribution >= 0.6 is 0 Å². The van der Waals surface area contributed by atoms with Gasteiger partial charge in [-0.15, -0.1) is 10.2 Å². The lowest BCUT2D eigenvalue weighted by molar-refractivity contribution is 0.166. The number of anilines is 1. The summed E-state index contributed by atoms with van der Waals surface area (Å²) in [5, 5.41) is 17.5. The number of nitrogens with one attached hydrogen (secondary N) is 1. The molecule has 0 unspecified atom stereocenters. The number of methoxy groups -OCH3 is 2. The molecule has 2 N–H and O–H groups in total. The molecule has 1 aliphatic heterocycles. The number of aliphatic hydroxyl groups excluding tert-OH is 1. The molecule has 12 nitrogen and oxygen atoms in total. The van der Waals surface area contributed by atoms with Crippen molar-refractivity contribution in [3.05, 3.63) is 48.1 Å². The van der Waals surface area contributed by atoms with Crippen molar-refractivity contribution in [2.24, 2.45) is 0 Å². The first-order valence-corrected chi connectivity index (χ1v) is 12.2. The predicted octanol–water partition coefficient (Wildman–Crippen LogP) is 1.58. The average Bonchev–Trinajstić information content (AvgIpc) is 3.52. The van der Waals surface area contributed by atoms with E-state index in [2.05, 4.69) is 24.9 Å². The summed E-state index contributed by atoms with van der Waals surface area (Å²) in [4.78, 5) is 7.36. The molecule has 0 bridgehead atoms. The normalized spacial score (nSPS) is 17.7.